The van der Waals surface area contributed by atoms with Crippen LogP contribution in [0.4, 0.5) is 0 Å². The summed E-state index contributed by atoms with van der Waals surface area (Å²) in [4.78, 5) is 18.1. The van der Waals surface area contributed by atoms with Crippen molar-refractivity contribution < 1.29 is 9.21 Å². The minimum Gasteiger partial charge on any atom is -0.466 e. The number of benzene rings is 1. The van der Waals surface area contributed by atoms with Crippen molar-refractivity contribution in [2.75, 3.05) is 26.2 Å². The molecule has 30 heavy (non-hydrogen) atoms. The molecular formula is C23H27N5O2. The molecule has 2 fully saturated rings. The number of carbonyl (C=O) groups is 1. The molecule has 0 aliphatic carbocycles. The highest BCUT2D eigenvalue weighted by Crippen LogP contribution is 2.45. The average molecular weight is 406 g/mol. The second kappa shape index (κ2) is 7.72. The normalized spacial score (nSPS) is 23.8. The first-order valence-corrected chi connectivity index (χ1v) is 10.6. The Morgan fingerprint density at radius 2 is 1.83 bits per heavy atom. The second-order valence-corrected chi connectivity index (χ2v) is 8.52. The summed E-state index contributed by atoms with van der Waals surface area (Å²) in [7, 11) is 0. The van der Waals surface area contributed by atoms with E-state index in [1.807, 2.05) is 30.5 Å². The molecule has 2 aliphatic heterocycles. The molecule has 2 aromatic heterocycles. The molecule has 0 unspecified atom stereocenters. The lowest BCUT2D eigenvalue weighted by Crippen LogP contribution is -2.36. The highest BCUT2D eigenvalue weighted by Gasteiger charge is 2.49. The highest BCUT2D eigenvalue weighted by atomic mass is 16.3. The van der Waals surface area contributed by atoms with Gasteiger partial charge in [0.2, 0.25) is 0 Å². The number of rotatable bonds is 5. The van der Waals surface area contributed by atoms with Crippen LogP contribution in [0, 0.1) is 25.7 Å². The molecule has 7 nitrogen and oxygen atoms in total. The van der Waals surface area contributed by atoms with E-state index in [0.29, 0.717) is 23.2 Å². The summed E-state index contributed by atoms with van der Waals surface area (Å²) in [6, 6.07) is 12.4. The molecule has 2 aliphatic rings. The third-order valence-corrected chi connectivity index (χ3v) is 6.55. The lowest BCUT2D eigenvalue weighted by Gasteiger charge is -2.30. The van der Waals surface area contributed by atoms with E-state index in [1.54, 1.807) is 12.7 Å². The van der Waals surface area contributed by atoms with Crippen LogP contribution >= 0.6 is 0 Å². The predicted molar refractivity (Wildman–Crippen MR) is 112 cm³/mol. The van der Waals surface area contributed by atoms with Crippen LogP contribution in [0.5, 0.6) is 0 Å². The maximum atomic E-state index is 13.5. The van der Waals surface area contributed by atoms with Gasteiger partial charge in [-0.05, 0) is 31.4 Å². The smallest absolute Gasteiger partial charge is 0.257 e. The standard InChI is InChI=1S/C23H27N5O2/c1-16-10-20(17(2)30-16)23(29)28-12-19-11-26(8-9-27-14-24-25-15-27)13-21(19)22(28)18-6-4-3-5-7-18/h3-7,10,14-15,19,21-22H,8-9,11-13H2,1-2H3/t19-,21-,22+/m0/s1. The van der Waals surface area contributed by atoms with Crippen molar-refractivity contribution >= 4 is 5.91 Å². The fourth-order valence-electron chi connectivity index (χ4n) is 5.20. The summed E-state index contributed by atoms with van der Waals surface area (Å²) >= 11 is 0. The zero-order valence-corrected chi connectivity index (χ0v) is 17.4. The molecule has 1 aromatic carbocycles. The lowest BCUT2D eigenvalue weighted by molar-refractivity contribution is 0.0698. The van der Waals surface area contributed by atoms with Gasteiger partial charge in [0.1, 0.15) is 24.2 Å². The third-order valence-electron chi connectivity index (χ3n) is 6.55. The molecule has 0 N–H and O–H groups in total. The first kappa shape index (κ1) is 19.1. The van der Waals surface area contributed by atoms with E-state index in [0.717, 1.165) is 38.5 Å². The average Bonchev–Trinajstić information content (AvgIpc) is 3.50. The van der Waals surface area contributed by atoms with Crippen molar-refractivity contribution in [3.8, 4) is 0 Å². The van der Waals surface area contributed by atoms with Gasteiger partial charge in [0.05, 0.1) is 11.6 Å². The van der Waals surface area contributed by atoms with Crippen molar-refractivity contribution in [3.05, 3.63) is 71.7 Å². The molecule has 5 rings (SSSR count). The van der Waals surface area contributed by atoms with Gasteiger partial charge < -0.3 is 18.8 Å². The summed E-state index contributed by atoms with van der Waals surface area (Å²) in [5.41, 5.74) is 1.91. The molecule has 3 atom stereocenters. The number of aromatic nitrogens is 3. The van der Waals surface area contributed by atoms with Crippen molar-refractivity contribution in [3.63, 3.8) is 0 Å². The van der Waals surface area contributed by atoms with E-state index in [4.69, 9.17) is 4.42 Å². The molecule has 3 aromatic rings. The van der Waals surface area contributed by atoms with Crippen molar-refractivity contribution in [1.82, 2.24) is 24.6 Å². The predicted octanol–water partition coefficient (Wildman–Crippen LogP) is 2.93. The molecule has 1 amide bonds. The summed E-state index contributed by atoms with van der Waals surface area (Å²) in [6.07, 6.45) is 3.53. The Kier molecular flexibility index (Phi) is 4.90. The molecule has 2 saturated heterocycles. The number of nitrogens with zero attached hydrogens (tertiary/aromatic N) is 5. The van der Waals surface area contributed by atoms with E-state index in [-0.39, 0.29) is 11.9 Å². The van der Waals surface area contributed by atoms with E-state index >= 15 is 0 Å². The summed E-state index contributed by atoms with van der Waals surface area (Å²) in [6.45, 7) is 8.43. The summed E-state index contributed by atoms with van der Waals surface area (Å²) in [5.74, 6) is 2.49. The Balaban J connectivity index is 1.38. The van der Waals surface area contributed by atoms with Gasteiger partial charge in [-0.2, -0.15) is 0 Å². The third kappa shape index (κ3) is 3.43. The van der Waals surface area contributed by atoms with Gasteiger partial charge in [-0.3, -0.25) is 4.79 Å². The maximum Gasteiger partial charge on any atom is 0.257 e. The maximum absolute atomic E-state index is 13.5. The summed E-state index contributed by atoms with van der Waals surface area (Å²) < 4.78 is 7.66. The minimum absolute atomic E-state index is 0.0867. The van der Waals surface area contributed by atoms with E-state index in [2.05, 4.69) is 44.3 Å². The van der Waals surface area contributed by atoms with Gasteiger partial charge in [0, 0.05) is 38.6 Å². The topological polar surface area (TPSA) is 67.4 Å². The number of amides is 1. The molecular weight excluding hydrogens is 378 g/mol. The molecule has 0 spiro atoms. The zero-order valence-electron chi connectivity index (χ0n) is 17.4. The van der Waals surface area contributed by atoms with Crippen LogP contribution in [0.3, 0.4) is 0 Å². The summed E-state index contributed by atoms with van der Waals surface area (Å²) in [5, 5.41) is 7.77. The van der Waals surface area contributed by atoms with Gasteiger partial charge in [0.25, 0.3) is 5.91 Å². The first-order valence-electron chi connectivity index (χ1n) is 10.6. The Morgan fingerprint density at radius 3 is 2.53 bits per heavy atom. The van der Waals surface area contributed by atoms with Crippen LogP contribution in [0.15, 0.2) is 53.5 Å². The minimum atomic E-state index is 0.0867. The van der Waals surface area contributed by atoms with Crippen LogP contribution in [0.1, 0.15) is 33.5 Å². The van der Waals surface area contributed by atoms with Crippen molar-refractivity contribution in [2.45, 2.75) is 26.4 Å². The van der Waals surface area contributed by atoms with Gasteiger partial charge in [-0.1, -0.05) is 30.3 Å². The van der Waals surface area contributed by atoms with E-state index in [9.17, 15) is 4.79 Å². The van der Waals surface area contributed by atoms with Crippen molar-refractivity contribution in [1.29, 1.82) is 0 Å². The van der Waals surface area contributed by atoms with E-state index in [1.165, 1.54) is 5.56 Å². The van der Waals surface area contributed by atoms with Crippen LogP contribution in [-0.2, 0) is 6.54 Å². The van der Waals surface area contributed by atoms with E-state index < -0.39 is 0 Å². The Hall–Kier alpha value is -2.93. The number of fused-ring (bicyclic) bond motifs is 1. The molecule has 4 heterocycles. The zero-order chi connectivity index (χ0) is 20.7. The highest BCUT2D eigenvalue weighted by molar-refractivity contribution is 5.95. The van der Waals surface area contributed by atoms with Gasteiger partial charge in [0.15, 0.2) is 0 Å². The fourth-order valence-corrected chi connectivity index (χ4v) is 5.20. The molecule has 0 bridgehead atoms. The Morgan fingerprint density at radius 1 is 1.07 bits per heavy atom. The van der Waals surface area contributed by atoms with Gasteiger partial charge >= 0.3 is 0 Å². The molecule has 156 valence electrons. The SMILES string of the molecule is Cc1cc(C(=O)N2C[C@@H]3CN(CCn4cnnc4)C[C@@H]3[C@H]2c2ccccc2)c(C)o1. The lowest BCUT2D eigenvalue weighted by atomic mass is 9.89. The van der Waals surface area contributed by atoms with Crippen molar-refractivity contribution in [2.24, 2.45) is 11.8 Å². The quantitative estimate of drug-likeness (QED) is 0.653. The fraction of sp³-hybridized carbons (Fsp3) is 0.435. The number of hydrogen-bond acceptors (Lipinski definition) is 5. The van der Waals surface area contributed by atoms with Crippen LogP contribution < -0.4 is 0 Å². The number of aryl methyl sites for hydroxylation is 2. The van der Waals surface area contributed by atoms with Crippen LogP contribution in [-0.4, -0.2) is 56.7 Å². The largest absolute Gasteiger partial charge is 0.466 e. The second-order valence-electron chi connectivity index (χ2n) is 8.52. The number of carbonyl (C=O) groups excluding carboxylic acids is 1. The molecule has 7 heteroatoms. The first-order chi connectivity index (χ1) is 14.6. The molecule has 0 saturated carbocycles. The van der Waals surface area contributed by atoms with Crippen LogP contribution in [0.25, 0.3) is 0 Å². The monoisotopic (exact) mass is 405 g/mol. The Bertz CT molecular complexity index is 1010. The molecule has 0 radical (unpaired) electrons. The number of furan rings is 1. The van der Waals surface area contributed by atoms with Gasteiger partial charge in [-0.25, -0.2) is 0 Å². The Labute approximate surface area is 176 Å². The number of likely N-dealkylation sites (tertiary alicyclic amines) is 2. The van der Waals surface area contributed by atoms with Crippen LogP contribution in [0.2, 0.25) is 0 Å². The number of hydrogen-bond donors (Lipinski definition) is 0. The van der Waals surface area contributed by atoms with Gasteiger partial charge in [-0.15, -0.1) is 10.2 Å².